The number of hydrogen-bond donors (Lipinski definition) is 0. The average molecular weight is 333 g/mol. The molecule has 0 aromatic heterocycles. The number of rotatable bonds is 5. The van der Waals surface area contributed by atoms with Crippen molar-refractivity contribution in [2.24, 2.45) is 35.0 Å². The van der Waals surface area contributed by atoms with Crippen LogP contribution in [-0.4, -0.2) is 0 Å². The van der Waals surface area contributed by atoms with Crippen molar-refractivity contribution in [2.75, 3.05) is 0 Å². The SMILES string of the molecule is CCC1CCC(C(C)C2CCCCC2)(C(C)C2CCCCC2)CC1. The smallest absolute Gasteiger partial charge is 0.0241 e. The summed E-state index contributed by atoms with van der Waals surface area (Å²) in [5.74, 6) is 5.08. The topological polar surface area (TPSA) is 0 Å². The Labute approximate surface area is 152 Å². The molecule has 3 aliphatic carbocycles. The van der Waals surface area contributed by atoms with Crippen LogP contribution in [-0.2, 0) is 0 Å². The zero-order valence-electron chi connectivity index (χ0n) is 17.0. The van der Waals surface area contributed by atoms with Gasteiger partial charge in [-0.1, -0.05) is 91.4 Å². The van der Waals surface area contributed by atoms with Gasteiger partial charge in [0.15, 0.2) is 0 Å². The molecule has 24 heavy (non-hydrogen) atoms. The third kappa shape index (κ3) is 3.88. The lowest BCUT2D eigenvalue weighted by molar-refractivity contribution is -0.0425. The second-order valence-electron chi connectivity index (χ2n) is 9.96. The Hall–Kier alpha value is 0. The summed E-state index contributed by atoms with van der Waals surface area (Å²) in [5.41, 5.74) is 0.690. The fourth-order valence-corrected chi connectivity index (χ4v) is 7.16. The Balaban J connectivity index is 1.77. The molecular weight excluding hydrogens is 288 g/mol. The van der Waals surface area contributed by atoms with Crippen molar-refractivity contribution in [3.8, 4) is 0 Å². The van der Waals surface area contributed by atoms with E-state index in [9.17, 15) is 0 Å². The van der Waals surface area contributed by atoms with Crippen molar-refractivity contribution in [3.63, 3.8) is 0 Å². The van der Waals surface area contributed by atoms with Gasteiger partial charge < -0.3 is 0 Å². The van der Waals surface area contributed by atoms with Crippen LogP contribution in [0, 0.1) is 35.0 Å². The Bertz CT molecular complexity index is 324. The van der Waals surface area contributed by atoms with Gasteiger partial charge in [-0.3, -0.25) is 0 Å². The lowest BCUT2D eigenvalue weighted by Gasteiger charge is -2.54. The van der Waals surface area contributed by atoms with E-state index in [4.69, 9.17) is 0 Å². The van der Waals surface area contributed by atoms with Crippen LogP contribution in [0.25, 0.3) is 0 Å². The first-order valence-electron chi connectivity index (χ1n) is 11.7. The molecule has 0 aromatic rings. The molecule has 3 saturated carbocycles. The summed E-state index contributed by atoms with van der Waals surface area (Å²) in [6, 6.07) is 0. The average Bonchev–Trinajstić information content (AvgIpc) is 2.68. The fraction of sp³-hybridized carbons (Fsp3) is 1.00. The van der Waals surface area contributed by atoms with E-state index in [1.165, 1.54) is 83.5 Å². The van der Waals surface area contributed by atoms with Gasteiger partial charge in [0.1, 0.15) is 0 Å². The molecule has 0 heterocycles. The van der Waals surface area contributed by atoms with Crippen LogP contribution in [0.15, 0.2) is 0 Å². The monoisotopic (exact) mass is 332 g/mol. The summed E-state index contributed by atoms with van der Waals surface area (Å²) in [6.07, 6.45) is 22.8. The van der Waals surface area contributed by atoms with Crippen LogP contribution in [0.3, 0.4) is 0 Å². The van der Waals surface area contributed by atoms with Crippen LogP contribution in [0.4, 0.5) is 0 Å². The van der Waals surface area contributed by atoms with Crippen LogP contribution >= 0.6 is 0 Å². The Morgan fingerprint density at radius 2 is 1.08 bits per heavy atom. The molecule has 0 aromatic carbocycles. The zero-order chi connectivity index (χ0) is 17.0. The lowest BCUT2D eigenvalue weighted by Crippen LogP contribution is -2.45. The van der Waals surface area contributed by atoms with Crippen LogP contribution in [0.1, 0.15) is 117 Å². The van der Waals surface area contributed by atoms with Gasteiger partial charge in [-0.25, -0.2) is 0 Å². The molecule has 0 spiro atoms. The normalized spacial score (nSPS) is 36.4. The van der Waals surface area contributed by atoms with E-state index in [1.54, 1.807) is 12.8 Å². The fourth-order valence-electron chi connectivity index (χ4n) is 7.16. The van der Waals surface area contributed by atoms with Gasteiger partial charge in [-0.2, -0.15) is 0 Å². The summed E-state index contributed by atoms with van der Waals surface area (Å²) in [4.78, 5) is 0. The largest absolute Gasteiger partial charge is 0.0651 e. The van der Waals surface area contributed by atoms with Gasteiger partial charge >= 0.3 is 0 Å². The Morgan fingerprint density at radius 1 is 0.667 bits per heavy atom. The number of hydrogen-bond acceptors (Lipinski definition) is 0. The highest BCUT2D eigenvalue weighted by atomic mass is 14.5. The summed E-state index contributed by atoms with van der Waals surface area (Å²) >= 11 is 0. The molecule has 0 heteroatoms. The highest BCUT2D eigenvalue weighted by Crippen LogP contribution is 2.57. The molecule has 0 saturated heterocycles. The maximum absolute atomic E-state index is 2.70. The van der Waals surface area contributed by atoms with Crippen molar-refractivity contribution >= 4 is 0 Å². The van der Waals surface area contributed by atoms with E-state index in [1.807, 2.05) is 0 Å². The quantitative estimate of drug-likeness (QED) is 0.478. The predicted octanol–water partition coefficient (Wildman–Crippen LogP) is 8.01. The molecule has 0 radical (unpaired) electrons. The highest BCUT2D eigenvalue weighted by molar-refractivity contribution is 4.97. The van der Waals surface area contributed by atoms with E-state index < -0.39 is 0 Å². The molecule has 3 rings (SSSR count). The first-order valence-corrected chi connectivity index (χ1v) is 11.7. The molecule has 0 N–H and O–H groups in total. The minimum Gasteiger partial charge on any atom is -0.0651 e. The van der Waals surface area contributed by atoms with Crippen molar-refractivity contribution in [1.82, 2.24) is 0 Å². The van der Waals surface area contributed by atoms with Gasteiger partial charge in [0.05, 0.1) is 0 Å². The van der Waals surface area contributed by atoms with Gasteiger partial charge in [-0.05, 0) is 60.7 Å². The van der Waals surface area contributed by atoms with Crippen LogP contribution in [0.2, 0.25) is 0 Å². The van der Waals surface area contributed by atoms with E-state index in [-0.39, 0.29) is 0 Å². The lowest BCUT2D eigenvalue weighted by atomic mass is 9.51. The van der Waals surface area contributed by atoms with E-state index in [0.717, 1.165) is 29.6 Å². The van der Waals surface area contributed by atoms with Gasteiger partial charge in [0, 0.05) is 0 Å². The Kier molecular flexibility index (Phi) is 6.72. The molecule has 2 unspecified atom stereocenters. The molecule has 2 atom stereocenters. The third-order valence-corrected chi connectivity index (χ3v) is 9.14. The minimum absolute atomic E-state index is 0.690. The van der Waals surface area contributed by atoms with Gasteiger partial charge in [-0.15, -0.1) is 0 Å². The summed E-state index contributed by atoms with van der Waals surface area (Å²) in [7, 11) is 0. The van der Waals surface area contributed by atoms with E-state index >= 15 is 0 Å². The van der Waals surface area contributed by atoms with Gasteiger partial charge in [0.2, 0.25) is 0 Å². The predicted molar refractivity (Wildman–Crippen MR) is 106 cm³/mol. The molecule has 0 nitrogen and oxygen atoms in total. The molecular formula is C24H44. The molecule has 0 bridgehead atoms. The van der Waals surface area contributed by atoms with Crippen LogP contribution in [0.5, 0.6) is 0 Å². The van der Waals surface area contributed by atoms with Crippen molar-refractivity contribution in [1.29, 1.82) is 0 Å². The van der Waals surface area contributed by atoms with E-state index in [2.05, 4.69) is 20.8 Å². The molecule has 140 valence electrons. The summed E-state index contributed by atoms with van der Waals surface area (Å²) in [6.45, 7) is 7.82. The molecule has 3 fully saturated rings. The van der Waals surface area contributed by atoms with Crippen molar-refractivity contribution < 1.29 is 0 Å². The highest BCUT2D eigenvalue weighted by Gasteiger charge is 2.48. The first-order chi connectivity index (χ1) is 11.7. The first kappa shape index (κ1) is 18.8. The van der Waals surface area contributed by atoms with Crippen molar-refractivity contribution in [3.05, 3.63) is 0 Å². The maximum atomic E-state index is 2.70. The molecule has 0 amide bonds. The second-order valence-corrected chi connectivity index (χ2v) is 9.96. The third-order valence-electron chi connectivity index (χ3n) is 9.14. The maximum Gasteiger partial charge on any atom is -0.0241 e. The second kappa shape index (κ2) is 8.59. The van der Waals surface area contributed by atoms with E-state index in [0.29, 0.717) is 5.41 Å². The standard InChI is InChI=1S/C24H44/c1-4-21-15-17-24(18-16-21,19(2)22-11-7-5-8-12-22)20(3)23-13-9-6-10-14-23/h19-23H,4-18H2,1-3H3. The zero-order valence-corrected chi connectivity index (χ0v) is 17.0. The summed E-state index contributed by atoms with van der Waals surface area (Å²) < 4.78 is 0. The summed E-state index contributed by atoms with van der Waals surface area (Å²) in [5, 5.41) is 0. The molecule has 3 aliphatic rings. The van der Waals surface area contributed by atoms with Gasteiger partial charge in [0.25, 0.3) is 0 Å². The molecule has 0 aliphatic heterocycles. The van der Waals surface area contributed by atoms with Crippen molar-refractivity contribution in [2.45, 2.75) is 117 Å². The Morgan fingerprint density at radius 3 is 1.46 bits per heavy atom. The van der Waals surface area contributed by atoms with Crippen LogP contribution < -0.4 is 0 Å². The minimum atomic E-state index is 0.690.